The number of carbonyl (C=O) groups is 1. The maximum atomic E-state index is 12.2. The van der Waals surface area contributed by atoms with E-state index in [1.54, 1.807) is 0 Å². The van der Waals surface area contributed by atoms with Crippen LogP contribution in [0.2, 0.25) is 0 Å². The number of hydrogen-bond acceptors (Lipinski definition) is 3. The molecule has 2 aliphatic rings. The Kier molecular flexibility index (Phi) is 3.96. The maximum Gasteiger partial charge on any atom is 0.138 e. The van der Waals surface area contributed by atoms with E-state index in [0.29, 0.717) is 5.78 Å². The molecule has 3 heteroatoms. The minimum atomic E-state index is 0.0523. The molecule has 3 atom stereocenters. The van der Waals surface area contributed by atoms with Crippen molar-refractivity contribution in [2.45, 2.75) is 45.1 Å². The van der Waals surface area contributed by atoms with Gasteiger partial charge in [0.25, 0.3) is 0 Å². The highest BCUT2D eigenvalue weighted by atomic mass is 32.2. The number of rotatable bonds is 3. The predicted molar refractivity (Wildman–Crippen MR) is 67.8 cm³/mol. The molecule has 2 heterocycles. The topological polar surface area (TPSA) is 26.3 Å². The summed E-state index contributed by atoms with van der Waals surface area (Å²) in [6.45, 7) is 4.95. The van der Waals surface area contributed by atoms with E-state index in [2.05, 4.69) is 13.8 Å². The van der Waals surface area contributed by atoms with Crippen molar-refractivity contribution in [3.63, 3.8) is 0 Å². The third-order valence-corrected chi connectivity index (χ3v) is 5.28. The smallest absolute Gasteiger partial charge is 0.138 e. The zero-order valence-corrected chi connectivity index (χ0v) is 11.1. The molecule has 3 unspecified atom stereocenters. The average Bonchev–Trinajstić information content (AvgIpc) is 2.75. The van der Waals surface area contributed by atoms with Gasteiger partial charge in [-0.3, -0.25) is 4.79 Å². The third-order valence-electron chi connectivity index (χ3n) is 4.06. The Morgan fingerprint density at radius 1 is 1.62 bits per heavy atom. The summed E-state index contributed by atoms with van der Waals surface area (Å²) in [5.41, 5.74) is 0.0523. The number of ether oxygens (including phenoxy) is 1. The Balaban J connectivity index is 1.98. The van der Waals surface area contributed by atoms with Gasteiger partial charge in [0, 0.05) is 24.2 Å². The van der Waals surface area contributed by atoms with Gasteiger partial charge in [0.05, 0.1) is 5.60 Å². The van der Waals surface area contributed by atoms with Crippen molar-refractivity contribution in [2.75, 3.05) is 18.1 Å². The Hall–Kier alpha value is -0.0200. The lowest BCUT2D eigenvalue weighted by Crippen LogP contribution is -2.43. The zero-order chi connectivity index (χ0) is 11.6. The number of Topliss-reactive ketones (excluding diaryl/α,β-unsaturated/α-hetero) is 1. The molecule has 0 aromatic heterocycles. The second kappa shape index (κ2) is 5.09. The lowest BCUT2D eigenvalue weighted by molar-refractivity contribution is -0.137. The molecule has 2 nitrogen and oxygen atoms in total. The van der Waals surface area contributed by atoms with Crippen molar-refractivity contribution < 1.29 is 9.53 Å². The van der Waals surface area contributed by atoms with Crippen molar-refractivity contribution in [1.82, 2.24) is 0 Å². The van der Waals surface area contributed by atoms with Crippen molar-refractivity contribution in [3.05, 3.63) is 0 Å². The van der Waals surface area contributed by atoms with Crippen LogP contribution in [0.3, 0.4) is 0 Å². The molecule has 0 aromatic rings. The lowest BCUT2D eigenvalue weighted by atomic mass is 9.79. The molecule has 0 aromatic carbocycles. The molecule has 0 radical (unpaired) electrons. The average molecular weight is 242 g/mol. The minimum Gasteiger partial charge on any atom is -0.374 e. The SMILES string of the molecule is CCC(C)C(=O)C1CCOC2(CCSC2)C1. The van der Waals surface area contributed by atoms with Crippen LogP contribution < -0.4 is 0 Å². The minimum absolute atomic E-state index is 0.0523. The van der Waals surface area contributed by atoms with Crippen LogP contribution in [-0.2, 0) is 9.53 Å². The normalized spacial score (nSPS) is 36.5. The predicted octanol–water partition coefficient (Wildman–Crippen LogP) is 2.90. The number of carbonyl (C=O) groups excluding carboxylic acids is 1. The largest absolute Gasteiger partial charge is 0.374 e. The molecular formula is C13H22O2S. The van der Waals surface area contributed by atoms with E-state index >= 15 is 0 Å². The van der Waals surface area contributed by atoms with Gasteiger partial charge in [0.1, 0.15) is 5.78 Å². The van der Waals surface area contributed by atoms with Crippen LogP contribution in [0.1, 0.15) is 39.5 Å². The summed E-state index contributed by atoms with van der Waals surface area (Å²) in [5.74, 6) is 3.26. The molecule has 2 rings (SSSR count). The number of ketones is 1. The number of hydrogen-bond donors (Lipinski definition) is 0. The van der Waals surface area contributed by atoms with E-state index in [9.17, 15) is 4.79 Å². The van der Waals surface area contributed by atoms with Crippen LogP contribution >= 0.6 is 11.8 Å². The maximum absolute atomic E-state index is 12.2. The van der Waals surface area contributed by atoms with E-state index < -0.39 is 0 Å². The standard InChI is InChI=1S/C13H22O2S/c1-3-10(2)12(14)11-4-6-15-13(8-11)5-7-16-9-13/h10-11H,3-9H2,1-2H3. The van der Waals surface area contributed by atoms with E-state index in [0.717, 1.165) is 38.0 Å². The quantitative estimate of drug-likeness (QED) is 0.761. The van der Waals surface area contributed by atoms with Gasteiger partial charge in [0.15, 0.2) is 0 Å². The van der Waals surface area contributed by atoms with Crippen LogP contribution in [0, 0.1) is 11.8 Å². The molecule has 92 valence electrons. The van der Waals surface area contributed by atoms with E-state index in [1.165, 1.54) is 5.75 Å². The fourth-order valence-electron chi connectivity index (χ4n) is 2.74. The first-order chi connectivity index (χ1) is 7.67. The van der Waals surface area contributed by atoms with E-state index in [4.69, 9.17) is 4.74 Å². The van der Waals surface area contributed by atoms with Crippen LogP contribution in [0.15, 0.2) is 0 Å². The Morgan fingerprint density at radius 2 is 2.44 bits per heavy atom. The van der Waals surface area contributed by atoms with Gasteiger partial charge in [-0.05, 0) is 31.4 Å². The van der Waals surface area contributed by atoms with Crippen LogP contribution in [-0.4, -0.2) is 29.5 Å². The first-order valence-corrected chi connectivity index (χ1v) is 7.58. The van der Waals surface area contributed by atoms with Crippen LogP contribution in [0.5, 0.6) is 0 Å². The molecule has 2 fully saturated rings. The fourth-order valence-corrected chi connectivity index (χ4v) is 4.12. The summed E-state index contributed by atoms with van der Waals surface area (Å²) in [7, 11) is 0. The molecule has 0 saturated carbocycles. The van der Waals surface area contributed by atoms with Gasteiger partial charge in [-0.2, -0.15) is 11.8 Å². The fraction of sp³-hybridized carbons (Fsp3) is 0.923. The highest BCUT2D eigenvalue weighted by Gasteiger charge is 2.42. The van der Waals surface area contributed by atoms with Crippen molar-refractivity contribution in [1.29, 1.82) is 0 Å². The van der Waals surface area contributed by atoms with Crippen molar-refractivity contribution in [2.24, 2.45) is 11.8 Å². The third kappa shape index (κ3) is 2.45. The summed E-state index contributed by atoms with van der Waals surface area (Å²) in [5, 5.41) is 0. The molecule has 2 saturated heterocycles. The van der Waals surface area contributed by atoms with Crippen LogP contribution in [0.25, 0.3) is 0 Å². The van der Waals surface area contributed by atoms with Gasteiger partial charge in [-0.1, -0.05) is 13.8 Å². The van der Waals surface area contributed by atoms with Gasteiger partial charge in [0.2, 0.25) is 0 Å². The molecule has 0 bridgehead atoms. The Bertz CT molecular complexity index is 259. The summed E-state index contributed by atoms with van der Waals surface area (Å²) in [4.78, 5) is 12.2. The van der Waals surface area contributed by atoms with Gasteiger partial charge >= 0.3 is 0 Å². The van der Waals surface area contributed by atoms with Gasteiger partial charge < -0.3 is 4.74 Å². The van der Waals surface area contributed by atoms with Crippen molar-refractivity contribution >= 4 is 17.5 Å². The summed E-state index contributed by atoms with van der Waals surface area (Å²) >= 11 is 1.97. The first-order valence-electron chi connectivity index (χ1n) is 6.42. The van der Waals surface area contributed by atoms with Gasteiger partial charge in [-0.25, -0.2) is 0 Å². The second-order valence-corrected chi connectivity index (χ2v) is 6.34. The van der Waals surface area contributed by atoms with E-state index in [-0.39, 0.29) is 17.4 Å². The van der Waals surface area contributed by atoms with E-state index in [1.807, 2.05) is 11.8 Å². The summed E-state index contributed by atoms with van der Waals surface area (Å²) in [6, 6.07) is 0. The monoisotopic (exact) mass is 242 g/mol. The van der Waals surface area contributed by atoms with Gasteiger partial charge in [-0.15, -0.1) is 0 Å². The lowest BCUT2D eigenvalue weighted by Gasteiger charge is -2.37. The molecule has 1 spiro atoms. The highest BCUT2D eigenvalue weighted by Crippen LogP contribution is 2.41. The van der Waals surface area contributed by atoms with Crippen molar-refractivity contribution in [3.8, 4) is 0 Å². The second-order valence-electron chi connectivity index (χ2n) is 5.24. The Labute approximate surface area is 103 Å². The molecule has 2 aliphatic heterocycles. The Morgan fingerprint density at radius 3 is 3.06 bits per heavy atom. The molecule has 0 aliphatic carbocycles. The molecule has 0 N–H and O–H groups in total. The molecule has 0 amide bonds. The molecular weight excluding hydrogens is 220 g/mol. The molecule has 16 heavy (non-hydrogen) atoms. The summed E-state index contributed by atoms with van der Waals surface area (Å²) < 4.78 is 5.95. The number of thioether (sulfide) groups is 1. The highest BCUT2D eigenvalue weighted by molar-refractivity contribution is 7.99. The first kappa shape index (κ1) is 12.4. The summed E-state index contributed by atoms with van der Waals surface area (Å²) in [6.07, 6.45) is 4.03. The van der Waals surface area contributed by atoms with Crippen LogP contribution in [0.4, 0.5) is 0 Å². The zero-order valence-electron chi connectivity index (χ0n) is 10.3.